The van der Waals surface area contributed by atoms with Crippen LogP contribution in [0.1, 0.15) is 21.5 Å². The van der Waals surface area contributed by atoms with Gasteiger partial charge in [-0.05, 0) is 60.5 Å². The Labute approximate surface area is 249 Å². The number of piperazine rings is 1. The Kier molecular flexibility index (Phi) is 8.14. The van der Waals surface area contributed by atoms with Gasteiger partial charge in [-0.25, -0.2) is 19.7 Å². The van der Waals surface area contributed by atoms with E-state index < -0.39 is 0 Å². The minimum absolute atomic E-state index is 0.0487. The molecule has 4 heterocycles. The second kappa shape index (κ2) is 12.6. The molecule has 2 N–H and O–H groups in total. The van der Waals surface area contributed by atoms with Crippen molar-refractivity contribution in [2.24, 2.45) is 0 Å². The van der Waals surface area contributed by atoms with E-state index in [2.05, 4.69) is 35.5 Å². The number of carbonyl (C=O) groups is 2. The van der Waals surface area contributed by atoms with Crippen molar-refractivity contribution in [1.82, 2.24) is 34.3 Å². The molecule has 5 aromatic rings. The highest BCUT2D eigenvalue weighted by molar-refractivity contribution is 6.04. The predicted octanol–water partition coefficient (Wildman–Crippen LogP) is 4.83. The maximum Gasteiger partial charge on any atom is 0.329 e. The lowest BCUT2D eigenvalue weighted by Gasteiger charge is -2.34. The summed E-state index contributed by atoms with van der Waals surface area (Å²) in [6.07, 6.45) is 9.98. The summed E-state index contributed by atoms with van der Waals surface area (Å²) in [6.45, 7) is 5.62. The van der Waals surface area contributed by atoms with E-state index in [4.69, 9.17) is 0 Å². The molecule has 1 fully saturated rings. The summed E-state index contributed by atoms with van der Waals surface area (Å²) in [6, 6.07) is 18.9. The maximum absolute atomic E-state index is 13.1. The van der Waals surface area contributed by atoms with Crippen LogP contribution in [0.25, 0.3) is 11.3 Å². The first-order chi connectivity index (χ1) is 21.0. The van der Waals surface area contributed by atoms with Gasteiger partial charge in [0.1, 0.15) is 6.33 Å². The summed E-state index contributed by atoms with van der Waals surface area (Å²) in [4.78, 5) is 46.8. The van der Waals surface area contributed by atoms with Crippen molar-refractivity contribution in [3.05, 3.63) is 115 Å². The first-order valence-corrected chi connectivity index (χ1v) is 14.0. The number of rotatable bonds is 7. The zero-order chi connectivity index (χ0) is 29.6. The lowest BCUT2D eigenvalue weighted by atomic mass is 10.1. The molecule has 0 spiro atoms. The molecule has 6 rings (SSSR count). The molecule has 1 saturated heterocycles. The molecule has 216 valence electrons. The Balaban J connectivity index is 1.04. The molecule has 11 nitrogen and oxygen atoms in total. The normalized spacial score (nSPS) is 13.5. The minimum Gasteiger partial charge on any atom is -0.324 e. The Morgan fingerprint density at radius 1 is 0.907 bits per heavy atom. The summed E-state index contributed by atoms with van der Waals surface area (Å²) in [7, 11) is 0. The first-order valence-electron chi connectivity index (χ1n) is 14.0. The first kappa shape index (κ1) is 27.7. The van der Waals surface area contributed by atoms with Gasteiger partial charge < -0.3 is 15.5 Å². The monoisotopic (exact) mass is 573 g/mol. The van der Waals surface area contributed by atoms with Crippen LogP contribution < -0.4 is 10.6 Å². The molecule has 2 aromatic carbocycles. The number of hydrogen-bond donors (Lipinski definition) is 2. The molecule has 0 unspecified atom stereocenters. The number of amides is 2. The molecule has 0 radical (unpaired) electrons. The van der Waals surface area contributed by atoms with E-state index in [9.17, 15) is 9.59 Å². The van der Waals surface area contributed by atoms with Crippen molar-refractivity contribution in [3.8, 4) is 11.3 Å². The lowest BCUT2D eigenvalue weighted by molar-refractivity contribution is 0.102. The van der Waals surface area contributed by atoms with Crippen molar-refractivity contribution in [2.45, 2.75) is 13.5 Å². The zero-order valence-corrected chi connectivity index (χ0v) is 23.7. The number of carbonyl (C=O) groups excluding carboxylic acids is 2. The molecule has 2 amide bonds. The number of imidazole rings is 1. The third-order valence-corrected chi connectivity index (χ3v) is 7.35. The van der Waals surface area contributed by atoms with Crippen LogP contribution in [0.3, 0.4) is 0 Å². The number of benzene rings is 2. The van der Waals surface area contributed by atoms with E-state index >= 15 is 0 Å². The van der Waals surface area contributed by atoms with Crippen LogP contribution in [0.2, 0.25) is 0 Å². The van der Waals surface area contributed by atoms with E-state index in [1.165, 1.54) is 10.9 Å². The van der Waals surface area contributed by atoms with E-state index in [-0.39, 0.29) is 11.9 Å². The van der Waals surface area contributed by atoms with Crippen LogP contribution in [0, 0.1) is 6.92 Å². The number of pyridine rings is 1. The zero-order valence-electron chi connectivity index (χ0n) is 23.7. The molecular formula is C32H31N9O2. The number of aromatic nitrogens is 5. The maximum atomic E-state index is 13.1. The van der Waals surface area contributed by atoms with Crippen LogP contribution in [0.5, 0.6) is 0 Å². The fourth-order valence-corrected chi connectivity index (χ4v) is 4.90. The molecule has 1 aliphatic heterocycles. The molecule has 3 aromatic heterocycles. The van der Waals surface area contributed by atoms with Crippen molar-refractivity contribution < 1.29 is 9.59 Å². The third kappa shape index (κ3) is 6.74. The van der Waals surface area contributed by atoms with Crippen molar-refractivity contribution >= 4 is 29.3 Å². The molecule has 0 bridgehead atoms. The predicted molar refractivity (Wildman–Crippen MR) is 164 cm³/mol. The van der Waals surface area contributed by atoms with E-state index in [0.717, 1.165) is 47.7 Å². The van der Waals surface area contributed by atoms with Gasteiger partial charge in [0.15, 0.2) is 0 Å². The Hall–Kier alpha value is -5.42. The average Bonchev–Trinajstić information content (AvgIpc) is 3.59. The summed E-state index contributed by atoms with van der Waals surface area (Å²) in [5.41, 5.74) is 5.79. The number of hydrogen-bond acceptors (Lipinski definition) is 8. The largest absolute Gasteiger partial charge is 0.329 e. The van der Waals surface area contributed by atoms with E-state index in [0.29, 0.717) is 30.3 Å². The van der Waals surface area contributed by atoms with Gasteiger partial charge in [0.05, 0.1) is 5.69 Å². The van der Waals surface area contributed by atoms with Gasteiger partial charge in [-0.1, -0.05) is 18.2 Å². The van der Waals surface area contributed by atoms with Gasteiger partial charge in [0, 0.05) is 86.2 Å². The van der Waals surface area contributed by atoms with Crippen molar-refractivity contribution in [3.63, 3.8) is 0 Å². The standard InChI is InChI=1S/C32H31N9O2/c1-23-4-9-27(19-29(23)38-31-35-12-10-28(37-31)26-3-2-11-33-20-26)36-30(42)25-7-5-24(6-8-25)21-39-15-17-40(18-16-39)32(43)41-14-13-34-22-41/h2-14,19-20,22H,15-18,21H2,1H3,(H,36,42)(H,35,37,38). The Bertz CT molecular complexity index is 1700. The molecule has 11 heteroatoms. The SMILES string of the molecule is Cc1ccc(NC(=O)c2ccc(CN3CCN(C(=O)n4ccnc4)CC3)cc2)cc1Nc1nccc(-c2cccnc2)n1. The van der Waals surface area contributed by atoms with Crippen LogP contribution in [0.4, 0.5) is 22.1 Å². The van der Waals surface area contributed by atoms with Gasteiger partial charge in [-0.3, -0.25) is 19.2 Å². The fraction of sp³-hybridized carbons (Fsp3) is 0.188. The highest BCUT2D eigenvalue weighted by Gasteiger charge is 2.22. The summed E-state index contributed by atoms with van der Waals surface area (Å²) in [5.74, 6) is 0.262. The van der Waals surface area contributed by atoms with Crippen LogP contribution in [-0.4, -0.2) is 72.4 Å². The number of nitrogens with zero attached hydrogens (tertiary/aromatic N) is 7. The molecule has 43 heavy (non-hydrogen) atoms. The second-order valence-electron chi connectivity index (χ2n) is 10.3. The van der Waals surface area contributed by atoms with Crippen LogP contribution in [0.15, 0.2) is 98.0 Å². The Morgan fingerprint density at radius 3 is 2.49 bits per heavy atom. The topological polar surface area (TPSA) is 121 Å². The molecule has 0 saturated carbocycles. The summed E-state index contributed by atoms with van der Waals surface area (Å²) in [5, 5.41) is 6.27. The minimum atomic E-state index is -0.192. The molecular weight excluding hydrogens is 542 g/mol. The van der Waals surface area contributed by atoms with Crippen molar-refractivity contribution in [2.75, 3.05) is 36.8 Å². The summed E-state index contributed by atoms with van der Waals surface area (Å²) < 4.78 is 1.50. The lowest BCUT2D eigenvalue weighted by Crippen LogP contribution is -2.49. The van der Waals surface area contributed by atoms with Crippen LogP contribution in [-0.2, 0) is 6.54 Å². The van der Waals surface area contributed by atoms with Gasteiger partial charge in [-0.15, -0.1) is 0 Å². The van der Waals surface area contributed by atoms with E-state index in [1.54, 1.807) is 31.0 Å². The third-order valence-electron chi connectivity index (χ3n) is 7.35. The average molecular weight is 574 g/mol. The number of anilines is 3. The van der Waals surface area contributed by atoms with Gasteiger partial charge in [0.25, 0.3) is 5.91 Å². The Morgan fingerprint density at radius 2 is 1.74 bits per heavy atom. The van der Waals surface area contributed by atoms with Gasteiger partial charge in [-0.2, -0.15) is 0 Å². The summed E-state index contributed by atoms with van der Waals surface area (Å²) >= 11 is 0. The molecule has 1 aliphatic rings. The second-order valence-corrected chi connectivity index (χ2v) is 10.3. The number of nitrogens with one attached hydrogen (secondary N) is 2. The molecule has 0 aliphatic carbocycles. The van der Waals surface area contributed by atoms with Gasteiger partial charge in [0.2, 0.25) is 5.95 Å². The van der Waals surface area contributed by atoms with Crippen LogP contribution >= 0.6 is 0 Å². The fourth-order valence-electron chi connectivity index (χ4n) is 4.90. The highest BCUT2D eigenvalue weighted by atomic mass is 16.2. The van der Waals surface area contributed by atoms with Gasteiger partial charge >= 0.3 is 6.03 Å². The highest BCUT2D eigenvalue weighted by Crippen LogP contribution is 2.25. The van der Waals surface area contributed by atoms with E-state index in [1.807, 2.05) is 72.5 Å². The smallest absolute Gasteiger partial charge is 0.324 e. The number of aryl methyl sites for hydroxylation is 1. The quantitative estimate of drug-likeness (QED) is 0.284. The molecule has 0 atom stereocenters. The van der Waals surface area contributed by atoms with Crippen molar-refractivity contribution in [1.29, 1.82) is 0 Å².